The van der Waals surface area contributed by atoms with Crippen LogP contribution in [0.25, 0.3) is 0 Å². The van der Waals surface area contributed by atoms with Crippen LogP contribution in [0.2, 0.25) is 0 Å². The second-order valence-corrected chi connectivity index (χ2v) is 9.47. The first-order valence-corrected chi connectivity index (χ1v) is 12.4. The molecule has 0 spiro atoms. The maximum atomic E-state index is 14.0. The maximum absolute atomic E-state index is 14.0. The van der Waals surface area contributed by atoms with E-state index >= 15 is 0 Å². The average molecular weight is 481 g/mol. The van der Waals surface area contributed by atoms with Gasteiger partial charge < -0.3 is 14.6 Å². The van der Waals surface area contributed by atoms with Gasteiger partial charge in [-0.15, -0.1) is 0 Å². The van der Waals surface area contributed by atoms with E-state index in [9.17, 15) is 9.90 Å². The van der Waals surface area contributed by atoms with Crippen molar-refractivity contribution in [2.45, 2.75) is 26.4 Å². The molecular formula is C30H32N4O2. The Labute approximate surface area is 212 Å². The Morgan fingerprint density at radius 1 is 0.889 bits per heavy atom. The summed E-state index contributed by atoms with van der Waals surface area (Å²) < 4.78 is 1.72. The minimum Gasteiger partial charge on any atom is -0.507 e. The molecule has 6 nitrogen and oxygen atoms in total. The van der Waals surface area contributed by atoms with Crippen molar-refractivity contribution in [3.63, 3.8) is 0 Å². The fraction of sp³-hybridized carbons (Fsp3) is 0.267. The lowest BCUT2D eigenvalue weighted by molar-refractivity contribution is 0.207. The highest BCUT2D eigenvalue weighted by atomic mass is 16.3. The Kier molecular flexibility index (Phi) is 6.87. The molecule has 1 aliphatic heterocycles. The Balaban J connectivity index is 1.53. The molecule has 0 saturated carbocycles. The molecule has 1 aliphatic rings. The van der Waals surface area contributed by atoms with Gasteiger partial charge in [0, 0.05) is 43.8 Å². The van der Waals surface area contributed by atoms with E-state index in [2.05, 4.69) is 70.2 Å². The molecule has 0 unspecified atom stereocenters. The van der Waals surface area contributed by atoms with Crippen LogP contribution in [0.4, 0.5) is 5.69 Å². The van der Waals surface area contributed by atoms with Crippen LogP contribution >= 0.6 is 0 Å². The van der Waals surface area contributed by atoms with Gasteiger partial charge in [-0.05, 0) is 49.7 Å². The van der Waals surface area contributed by atoms with Crippen molar-refractivity contribution in [2.24, 2.45) is 0 Å². The first-order chi connectivity index (χ1) is 17.5. The van der Waals surface area contributed by atoms with Crippen LogP contribution in [0, 0.1) is 13.8 Å². The van der Waals surface area contributed by atoms with Gasteiger partial charge in [0.1, 0.15) is 5.75 Å². The van der Waals surface area contributed by atoms with E-state index in [1.807, 2.05) is 31.2 Å². The Morgan fingerprint density at radius 2 is 1.58 bits per heavy atom. The van der Waals surface area contributed by atoms with Gasteiger partial charge in [0.2, 0.25) is 0 Å². The molecule has 1 atom stereocenters. The van der Waals surface area contributed by atoms with Gasteiger partial charge in [-0.3, -0.25) is 14.7 Å². The third kappa shape index (κ3) is 4.90. The standard InChI is InChI=1S/C30H32N4O2/c1-22-11-13-24(14-12-22)29(33-18-16-32(17-19-33)26-9-4-3-5-10-26)28-27(35)20-23(2)34(30(28)36)21-25-8-6-7-15-31-25/h3-15,20,29,35H,16-19,21H2,1-2H3/t29-/m1/s1. The predicted molar refractivity (Wildman–Crippen MR) is 144 cm³/mol. The lowest BCUT2D eigenvalue weighted by Gasteiger charge is -2.40. The summed E-state index contributed by atoms with van der Waals surface area (Å²) in [5.74, 6) is 0.0471. The minimum absolute atomic E-state index is 0.0471. The van der Waals surface area contributed by atoms with E-state index in [0.717, 1.165) is 43.0 Å². The number of aromatic nitrogens is 2. The predicted octanol–water partition coefficient (Wildman–Crippen LogP) is 4.53. The Morgan fingerprint density at radius 3 is 2.25 bits per heavy atom. The van der Waals surface area contributed by atoms with Crippen LogP contribution < -0.4 is 10.5 Å². The molecule has 0 amide bonds. The number of rotatable bonds is 6. The number of aryl methyl sites for hydroxylation is 2. The lowest BCUT2D eigenvalue weighted by atomic mass is 9.95. The number of hydrogen-bond donors (Lipinski definition) is 1. The summed E-state index contributed by atoms with van der Waals surface area (Å²) >= 11 is 0. The summed E-state index contributed by atoms with van der Waals surface area (Å²) in [6.45, 7) is 7.53. The summed E-state index contributed by atoms with van der Waals surface area (Å²) in [4.78, 5) is 23.1. The molecule has 36 heavy (non-hydrogen) atoms. The normalized spacial score (nSPS) is 15.1. The Hall–Kier alpha value is -3.90. The van der Waals surface area contributed by atoms with Crippen molar-refractivity contribution in [1.82, 2.24) is 14.5 Å². The van der Waals surface area contributed by atoms with Crippen molar-refractivity contribution in [3.8, 4) is 5.75 Å². The summed E-state index contributed by atoms with van der Waals surface area (Å²) in [5.41, 5.74) is 5.15. The van der Waals surface area contributed by atoms with Gasteiger partial charge in [-0.2, -0.15) is 0 Å². The first kappa shape index (κ1) is 23.8. The van der Waals surface area contributed by atoms with Crippen molar-refractivity contribution in [3.05, 3.63) is 123 Å². The molecule has 1 saturated heterocycles. The third-order valence-corrected chi connectivity index (χ3v) is 7.04. The first-order valence-electron chi connectivity index (χ1n) is 12.4. The average Bonchev–Trinajstić information content (AvgIpc) is 2.91. The lowest BCUT2D eigenvalue weighted by Crippen LogP contribution is -2.49. The largest absolute Gasteiger partial charge is 0.507 e. The number of benzene rings is 2. The monoisotopic (exact) mass is 480 g/mol. The van der Waals surface area contributed by atoms with Crippen molar-refractivity contribution >= 4 is 5.69 Å². The fourth-order valence-corrected chi connectivity index (χ4v) is 5.06. The van der Waals surface area contributed by atoms with Crippen molar-refractivity contribution in [2.75, 3.05) is 31.1 Å². The smallest absolute Gasteiger partial charge is 0.260 e. The molecule has 5 rings (SSSR count). The zero-order valence-electron chi connectivity index (χ0n) is 20.8. The van der Waals surface area contributed by atoms with E-state index in [0.29, 0.717) is 17.8 Å². The second-order valence-electron chi connectivity index (χ2n) is 9.47. The van der Waals surface area contributed by atoms with Crippen LogP contribution in [0.3, 0.4) is 0 Å². The SMILES string of the molecule is Cc1ccc([C@H](c2c(O)cc(C)n(Cc3ccccn3)c2=O)N2CCN(c3ccccc3)CC2)cc1. The molecule has 0 aliphatic carbocycles. The quantitative estimate of drug-likeness (QED) is 0.440. The number of aromatic hydroxyl groups is 1. The third-order valence-electron chi connectivity index (χ3n) is 7.04. The minimum atomic E-state index is -0.341. The molecule has 6 heteroatoms. The molecule has 3 heterocycles. The van der Waals surface area contributed by atoms with Gasteiger partial charge in [0.25, 0.3) is 5.56 Å². The Bertz CT molecular complexity index is 1360. The summed E-state index contributed by atoms with van der Waals surface area (Å²) in [6, 6.07) is 25.8. The van der Waals surface area contributed by atoms with Gasteiger partial charge in [0.05, 0.1) is 23.8 Å². The topological polar surface area (TPSA) is 61.6 Å². The second kappa shape index (κ2) is 10.4. The number of nitrogens with zero attached hydrogens (tertiary/aromatic N) is 4. The molecule has 2 aromatic heterocycles. The van der Waals surface area contributed by atoms with Crippen molar-refractivity contribution < 1.29 is 5.11 Å². The number of para-hydroxylation sites is 1. The van der Waals surface area contributed by atoms with Crippen molar-refractivity contribution in [1.29, 1.82) is 0 Å². The number of anilines is 1. The highest BCUT2D eigenvalue weighted by Gasteiger charge is 2.31. The van der Waals surface area contributed by atoms with Crippen LogP contribution in [0.1, 0.15) is 34.1 Å². The molecule has 0 radical (unpaired) electrons. The number of pyridine rings is 2. The number of piperazine rings is 1. The van der Waals surface area contributed by atoms with E-state index in [-0.39, 0.29) is 17.4 Å². The summed E-state index contributed by atoms with van der Waals surface area (Å²) in [7, 11) is 0. The van der Waals surface area contributed by atoms with Crippen LogP contribution in [0.5, 0.6) is 5.75 Å². The van der Waals surface area contributed by atoms with Crippen LogP contribution in [-0.4, -0.2) is 45.7 Å². The van der Waals surface area contributed by atoms with Gasteiger partial charge in [-0.1, -0.05) is 54.1 Å². The van der Waals surface area contributed by atoms with Gasteiger partial charge >= 0.3 is 0 Å². The van der Waals surface area contributed by atoms with Gasteiger partial charge in [0.15, 0.2) is 0 Å². The fourth-order valence-electron chi connectivity index (χ4n) is 5.06. The number of hydrogen-bond acceptors (Lipinski definition) is 5. The summed E-state index contributed by atoms with van der Waals surface area (Å²) in [5, 5.41) is 11.1. The highest BCUT2D eigenvalue weighted by Crippen LogP contribution is 2.34. The van der Waals surface area contributed by atoms with Crippen LogP contribution in [-0.2, 0) is 6.54 Å². The zero-order valence-corrected chi connectivity index (χ0v) is 20.8. The molecule has 2 aromatic carbocycles. The maximum Gasteiger partial charge on any atom is 0.260 e. The van der Waals surface area contributed by atoms with Gasteiger partial charge in [-0.25, -0.2) is 0 Å². The molecule has 1 fully saturated rings. The van der Waals surface area contributed by atoms with E-state index in [1.165, 1.54) is 5.69 Å². The molecule has 4 aromatic rings. The molecule has 1 N–H and O–H groups in total. The van der Waals surface area contributed by atoms with E-state index in [1.54, 1.807) is 16.8 Å². The molecule has 0 bridgehead atoms. The molecule has 184 valence electrons. The highest BCUT2D eigenvalue weighted by molar-refractivity contribution is 5.47. The summed E-state index contributed by atoms with van der Waals surface area (Å²) in [6.07, 6.45) is 1.73. The van der Waals surface area contributed by atoms with Crippen LogP contribution in [0.15, 0.2) is 89.9 Å². The van der Waals surface area contributed by atoms with E-state index in [4.69, 9.17) is 0 Å². The molecular weight excluding hydrogens is 448 g/mol. The zero-order chi connectivity index (χ0) is 25.1. The van der Waals surface area contributed by atoms with E-state index < -0.39 is 0 Å².